The van der Waals surface area contributed by atoms with E-state index in [2.05, 4.69) is 9.88 Å². The summed E-state index contributed by atoms with van der Waals surface area (Å²) in [4.78, 5) is 17.7. The summed E-state index contributed by atoms with van der Waals surface area (Å²) in [5, 5.41) is 0. The molecule has 19 heavy (non-hydrogen) atoms. The zero-order valence-corrected chi connectivity index (χ0v) is 10.7. The fourth-order valence-corrected chi connectivity index (χ4v) is 3.02. The molecule has 1 aromatic rings. The Hall–Kier alpha value is -1.82. The number of carbonyl (C=O) groups excluding carboxylic acids is 1. The number of amides is 1. The van der Waals surface area contributed by atoms with Crippen LogP contribution in [-0.2, 0) is 4.74 Å². The Balaban J connectivity index is 1.96. The number of fused-ring (bicyclic) bond motifs is 1. The molecule has 1 saturated heterocycles. The van der Waals surface area contributed by atoms with E-state index >= 15 is 0 Å². The van der Waals surface area contributed by atoms with Gasteiger partial charge in [0, 0.05) is 6.54 Å². The molecule has 1 aliphatic carbocycles. The van der Waals surface area contributed by atoms with Crippen molar-refractivity contribution < 1.29 is 9.53 Å². The number of aromatic nitrogens is 1. The van der Waals surface area contributed by atoms with Gasteiger partial charge in [-0.15, -0.1) is 0 Å². The number of nitrogens with two attached hydrogens (primary N) is 2. The minimum atomic E-state index is -0.530. The smallest absolute Gasteiger partial charge is 0.267 e. The van der Waals surface area contributed by atoms with Gasteiger partial charge in [0.25, 0.3) is 5.91 Å². The average Bonchev–Trinajstić information content (AvgIpc) is 2.87. The second-order valence-corrected chi connectivity index (χ2v) is 5.07. The van der Waals surface area contributed by atoms with Gasteiger partial charge in [0.1, 0.15) is 5.69 Å². The highest BCUT2D eigenvalue weighted by molar-refractivity contribution is 5.92. The van der Waals surface area contributed by atoms with Crippen LogP contribution in [-0.4, -0.2) is 36.2 Å². The summed E-state index contributed by atoms with van der Waals surface area (Å²) in [6.45, 7) is 1.42. The third kappa shape index (κ3) is 2.12. The van der Waals surface area contributed by atoms with Crippen LogP contribution in [0.2, 0.25) is 0 Å². The summed E-state index contributed by atoms with van der Waals surface area (Å²) in [5.74, 6) is 0.133. The molecule has 1 amide bonds. The van der Waals surface area contributed by atoms with Gasteiger partial charge in [0.15, 0.2) is 5.82 Å². The first-order valence-electron chi connectivity index (χ1n) is 6.61. The van der Waals surface area contributed by atoms with Crippen molar-refractivity contribution in [1.82, 2.24) is 4.98 Å². The summed E-state index contributed by atoms with van der Waals surface area (Å²) in [6.07, 6.45) is 3.57. The fraction of sp³-hybridized carbons (Fsp3) is 0.538. The number of hydrogen-bond donors (Lipinski definition) is 2. The maximum absolute atomic E-state index is 11.3. The Morgan fingerprint density at radius 2 is 2.26 bits per heavy atom. The molecule has 102 valence electrons. The first-order valence-corrected chi connectivity index (χ1v) is 6.61. The van der Waals surface area contributed by atoms with Gasteiger partial charge < -0.3 is 21.1 Å². The van der Waals surface area contributed by atoms with E-state index in [1.165, 1.54) is 0 Å². The number of rotatable bonds is 2. The number of anilines is 2. The van der Waals surface area contributed by atoms with Crippen molar-refractivity contribution in [1.29, 1.82) is 0 Å². The van der Waals surface area contributed by atoms with Crippen molar-refractivity contribution in [2.45, 2.75) is 31.4 Å². The lowest BCUT2D eigenvalue weighted by molar-refractivity contribution is 0.0254. The zero-order valence-electron chi connectivity index (χ0n) is 10.7. The van der Waals surface area contributed by atoms with Gasteiger partial charge >= 0.3 is 0 Å². The monoisotopic (exact) mass is 262 g/mol. The topological polar surface area (TPSA) is 94.5 Å². The third-order valence-electron chi connectivity index (χ3n) is 3.91. The van der Waals surface area contributed by atoms with E-state index in [4.69, 9.17) is 16.2 Å². The van der Waals surface area contributed by atoms with E-state index < -0.39 is 5.91 Å². The van der Waals surface area contributed by atoms with Crippen LogP contribution >= 0.6 is 0 Å². The maximum Gasteiger partial charge on any atom is 0.267 e. The summed E-state index contributed by atoms with van der Waals surface area (Å²) in [6, 6.07) is 3.57. The Bertz CT molecular complexity index is 505. The summed E-state index contributed by atoms with van der Waals surface area (Å²) in [5.41, 5.74) is 12.1. The number of ether oxygens (including phenoxy) is 1. The Kier molecular flexibility index (Phi) is 3.02. The molecule has 2 atom stereocenters. The van der Waals surface area contributed by atoms with Crippen molar-refractivity contribution in [3.05, 3.63) is 17.8 Å². The molecular formula is C13H18N4O2. The molecule has 1 saturated carbocycles. The maximum atomic E-state index is 11.3. The molecule has 0 aromatic carbocycles. The third-order valence-corrected chi connectivity index (χ3v) is 3.91. The predicted molar refractivity (Wildman–Crippen MR) is 71.9 cm³/mol. The average molecular weight is 262 g/mol. The van der Waals surface area contributed by atoms with Crippen molar-refractivity contribution >= 4 is 17.4 Å². The van der Waals surface area contributed by atoms with E-state index in [9.17, 15) is 4.79 Å². The number of nitrogen functional groups attached to an aromatic ring is 1. The SMILES string of the molecule is NC(=O)c1ccc(N)c(N2CCOC3CCCC32)n1. The molecule has 2 heterocycles. The van der Waals surface area contributed by atoms with E-state index in [1.807, 2.05) is 0 Å². The first-order chi connectivity index (χ1) is 9.16. The number of morpholine rings is 1. The van der Waals surface area contributed by atoms with Crippen molar-refractivity contribution in [2.75, 3.05) is 23.8 Å². The molecule has 1 aliphatic heterocycles. The molecule has 6 nitrogen and oxygen atoms in total. The van der Waals surface area contributed by atoms with Crippen LogP contribution in [0, 0.1) is 0 Å². The highest BCUT2D eigenvalue weighted by atomic mass is 16.5. The Morgan fingerprint density at radius 1 is 1.42 bits per heavy atom. The fourth-order valence-electron chi connectivity index (χ4n) is 3.02. The van der Waals surface area contributed by atoms with Crippen LogP contribution < -0.4 is 16.4 Å². The highest BCUT2D eigenvalue weighted by Crippen LogP contribution is 2.34. The lowest BCUT2D eigenvalue weighted by Gasteiger charge is -2.39. The lowest BCUT2D eigenvalue weighted by atomic mass is 10.1. The number of carbonyl (C=O) groups is 1. The van der Waals surface area contributed by atoms with Crippen molar-refractivity contribution in [3.8, 4) is 0 Å². The van der Waals surface area contributed by atoms with Crippen LogP contribution in [0.5, 0.6) is 0 Å². The van der Waals surface area contributed by atoms with Gasteiger partial charge in [0.2, 0.25) is 0 Å². The number of nitrogens with zero attached hydrogens (tertiary/aromatic N) is 2. The van der Waals surface area contributed by atoms with Crippen LogP contribution in [0.15, 0.2) is 12.1 Å². The van der Waals surface area contributed by atoms with Gasteiger partial charge in [-0.25, -0.2) is 4.98 Å². The normalized spacial score (nSPS) is 26.2. The second-order valence-electron chi connectivity index (χ2n) is 5.07. The van der Waals surface area contributed by atoms with E-state index in [0.29, 0.717) is 24.2 Å². The largest absolute Gasteiger partial charge is 0.396 e. The number of primary amides is 1. The quantitative estimate of drug-likeness (QED) is 0.810. The Morgan fingerprint density at radius 3 is 3.05 bits per heavy atom. The van der Waals surface area contributed by atoms with Gasteiger partial charge in [-0.05, 0) is 31.4 Å². The molecule has 3 rings (SSSR count). The zero-order chi connectivity index (χ0) is 13.4. The molecule has 1 aromatic heterocycles. The number of hydrogen-bond acceptors (Lipinski definition) is 5. The highest BCUT2D eigenvalue weighted by Gasteiger charge is 2.37. The Labute approximate surface area is 111 Å². The van der Waals surface area contributed by atoms with Crippen LogP contribution in [0.25, 0.3) is 0 Å². The summed E-state index contributed by atoms with van der Waals surface area (Å²) >= 11 is 0. The minimum Gasteiger partial charge on any atom is -0.396 e. The van der Waals surface area contributed by atoms with Gasteiger partial charge in [-0.1, -0.05) is 0 Å². The van der Waals surface area contributed by atoms with Crippen molar-refractivity contribution in [3.63, 3.8) is 0 Å². The van der Waals surface area contributed by atoms with Crippen LogP contribution in [0.1, 0.15) is 29.8 Å². The number of pyridine rings is 1. The second kappa shape index (κ2) is 4.70. The van der Waals surface area contributed by atoms with E-state index in [-0.39, 0.29) is 11.8 Å². The predicted octanol–water partition coefficient (Wildman–Crippen LogP) is 0.520. The first kappa shape index (κ1) is 12.2. The molecule has 4 N–H and O–H groups in total. The molecule has 2 aliphatic rings. The van der Waals surface area contributed by atoms with Crippen molar-refractivity contribution in [2.24, 2.45) is 5.73 Å². The lowest BCUT2D eigenvalue weighted by Crippen LogP contribution is -2.49. The molecule has 6 heteroatoms. The standard InChI is InChI=1S/C13H18N4O2/c14-8-4-5-9(12(15)18)16-13(8)17-6-7-19-11-3-1-2-10(11)17/h4-5,10-11H,1-3,6-7,14H2,(H2,15,18). The van der Waals surface area contributed by atoms with E-state index in [0.717, 1.165) is 25.8 Å². The van der Waals surface area contributed by atoms with Crippen LogP contribution in [0.3, 0.4) is 0 Å². The molecule has 2 fully saturated rings. The van der Waals surface area contributed by atoms with Crippen LogP contribution in [0.4, 0.5) is 11.5 Å². The molecular weight excluding hydrogens is 244 g/mol. The van der Waals surface area contributed by atoms with Gasteiger partial charge in [0.05, 0.1) is 24.4 Å². The molecule has 0 radical (unpaired) electrons. The summed E-state index contributed by atoms with van der Waals surface area (Å²) < 4.78 is 5.77. The van der Waals surface area contributed by atoms with Gasteiger partial charge in [-0.3, -0.25) is 4.79 Å². The van der Waals surface area contributed by atoms with E-state index in [1.54, 1.807) is 12.1 Å². The summed E-state index contributed by atoms with van der Waals surface area (Å²) in [7, 11) is 0. The molecule has 0 spiro atoms. The molecule has 0 bridgehead atoms. The minimum absolute atomic E-state index is 0.255. The molecule has 2 unspecified atom stereocenters. The van der Waals surface area contributed by atoms with Gasteiger partial charge in [-0.2, -0.15) is 0 Å².